The number of methoxy groups -OCH3 is 1. The highest BCUT2D eigenvalue weighted by atomic mass is 127. The van der Waals surface area contributed by atoms with E-state index in [2.05, 4.69) is 61.2 Å². The zero-order valence-electron chi connectivity index (χ0n) is 19.7. The number of anilines is 2. The molecule has 9 heteroatoms. The lowest BCUT2D eigenvalue weighted by Crippen LogP contribution is -2.52. The zero-order valence-corrected chi connectivity index (χ0v) is 22.1. The van der Waals surface area contributed by atoms with Crippen molar-refractivity contribution in [3.8, 4) is 5.75 Å². The third-order valence-corrected chi connectivity index (χ3v) is 6.04. The van der Waals surface area contributed by atoms with Gasteiger partial charge in [-0.2, -0.15) is 0 Å². The Balaban J connectivity index is 0.00000306. The minimum Gasteiger partial charge on any atom is -0.495 e. The molecule has 8 nitrogen and oxygen atoms in total. The predicted molar refractivity (Wildman–Crippen MR) is 144 cm³/mol. The lowest BCUT2D eigenvalue weighted by molar-refractivity contribution is 0.0529. The number of hydrogen-bond donors (Lipinski definition) is 1. The van der Waals surface area contributed by atoms with Crippen molar-refractivity contribution in [2.75, 3.05) is 69.8 Å². The van der Waals surface area contributed by atoms with Gasteiger partial charge in [-0.1, -0.05) is 18.2 Å². The first-order valence-electron chi connectivity index (χ1n) is 11.3. The monoisotopic (exact) mass is 566 g/mol. The predicted octanol–water partition coefficient (Wildman–Crippen LogP) is 2.83. The fourth-order valence-corrected chi connectivity index (χ4v) is 4.30. The van der Waals surface area contributed by atoms with E-state index in [9.17, 15) is 0 Å². The molecule has 0 spiro atoms. The van der Waals surface area contributed by atoms with Crippen molar-refractivity contribution in [2.24, 2.45) is 4.99 Å². The molecule has 0 bridgehead atoms. The van der Waals surface area contributed by atoms with E-state index in [0.717, 1.165) is 74.7 Å². The third kappa shape index (κ3) is 6.41. The number of halogens is 1. The molecule has 2 aliphatic heterocycles. The van der Waals surface area contributed by atoms with E-state index in [1.807, 2.05) is 25.4 Å². The summed E-state index contributed by atoms with van der Waals surface area (Å²) in [4.78, 5) is 16.1. The molecular formula is C24H35IN6O2. The maximum absolute atomic E-state index is 5.62. The number of hydrogen-bond acceptors (Lipinski definition) is 6. The lowest BCUT2D eigenvalue weighted by Gasteiger charge is -2.38. The number of guanidine groups is 1. The largest absolute Gasteiger partial charge is 0.495 e. The molecular weight excluding hydrogens is 531 g/mol. The molecule has 0 amide bonds. The second-order valence-electron chi connectivity index (χ2n) is 8.20. The molecule has 0 radical (unpaired) electrons. The van der Waals surface area contributed by atoms with Crippen molar-refractivity contribution in [1.82, 2.24) is 15.2 Å². The van der Waals surface area contributed by atoms with Gasteiger partial charge in [0.15, 0.2) is 5.96 Å². The van der Waals surface area contributed by atoms with Crippen LogP contribution >= 0.6 is 24.0 Å². The van der Waals surface area contributed by atoms with E-state index in [-0.39, 0.29) is 30.1 Å². The first-order valence-corrected chi connectivity index (χ1v) is 11.3. The number of pyridine rings is 1. The molecule has 33 heavy (non-hydrogen) atoms. The van der Waals surface area contributed by atoms with E-state index >= 15 is 0 Å². The van der Waals surface area contributed by atoms with Crippen LogP contribution in [0, 0.1) is 0 Å². The number of morpholine rings is 1. The van der Waals surface area contributed by atoms with Crippen molar-refractivity contribution in [1.29, 1.82) is 0 Å². The average Bonchev–Trinajstić information content (AvgIpc) is 2.85. The van der Waals surface area contributed by atoms with Crippen LogP contribution in [0.5, 0.6) is 5.75 Å². The second kappa shape index (κ2) is 12.3. The van der Waals surface area contributed by atoms with Gasteiger partial charge >= 0.3 is 0 Å². The van der Waals surface area contributed by atoms with E-state index in [4.69, 9.17) is 9.47 Å². The van der Waals surface area contributed by atoms with E-state index in [1.165, 1.54) is 0 Å². The first kappa shape index (κ1) is 25.4. The van der Waals surface area contributed by atoms with Crippen LogP contribution in [0.4, 0.5) is 11.5 Å². The van der Waals surface area contributed by atoms with Crippen molar-refractivity contribution in [3.63, 3.8) is 0 Å². The Hall–Kier alpha value is -2.27. The molecule has 2 saturated heterocycles. The molecule has 1 N–H and O–H groups in total. The van der Waals surface area contributed by atoms with E-state index in [1.54, 1.807) is 7.11 Å². The van der Waals surface area contributed by atoms with Gasteiger partial charge in [-0.15, -0.1) is 24.0 Å². The van der Waals surface area contributed by atoms with E-state index < -0.39 is 0 Å². The molecule has 2 aliphatic rings. The van der Waals surface area contributed by atoms with Gasteiger partial charge in [-0.05, 0) is 30.7 Å². The summed E-state index contributed by atoms with van der Waals surface area (Å²) in [5.41, 5.74) is 2.29. The van der Waals surface area contributed by atoms with Gasteiger partial charge in [0.1, 0.15) is 11.6 Å². The summed E-state index contributed by atoms with van der Waals surface area (Å²) < 4.78 is 11.2. The maximum Gasteiger partial charge on any atom is 0.194 e. The van der Waals surface area contributed by atoms with Gasteiger partial charge in [0, 0.05) is 59.1 Å². The van der Waals surface area contributed by atoms with Gasteiger partial charge in [-0.25, -0.2) is 4.98 Å². The number of benzene rings is 1. The van der Waals surface area contributed by atoms with Gasteiger partial charge < -0.3 is 29.5 Å². The normalized spacial score (nSPS) is 19.2. The zero-order chi connectivity index (χ0) is 22.3. The standard InChI is InChI=1S/C24H34N6O2.HI/c1-19-18-30(14-15-32-19)23-9-8-20(16-26-23)17-27-24(25-2)29-12-10-28(11-13-29)21-6-4-5-7-22(21)31-3;/h4-9,16,19H,10-15,17-18H2,1-3H3,(H,25,27);1H. The number of nitrogens with one attached hydrogen (secondary N) is 1. The number of aliphatic imine (C=N–C) groups is 1. The number of nitrogens with zero attached hydrogens (tertiary/aromatic N) is 5. The molecule has 2 fully saturated rings. The quantitative estimate of drug-likeness (QED) is 0.340. The summed E-state index contributed by atoms with van der Waals surface area (Å²) in [7, 11) is 3.57. The van der Waals surface area contributed by atoms with Gasteiger partial charge in [0.05, 0.1) is 25.5 Å². The topological polar surface area (TPSA) is 65.5 Å². The molecule has 180 valence electrons. The van der Waals surface area contributed by atoms with Gasteiger partial charge in [0.2, 0.25) is 0 Å². The van der Waals surface area contributed by atoms with Crippen LogP contribution in [0.3, 0.4) is 0 Å². The van der Waals surface area contributed by atoms with Gasteiger partial charge in [0.25, 0.3) is 0 Å². The van der Waals surface area contributed by atoms with Crippen LogP contribution in [-0.4, -0.2) is 82.0 Å². The van der Waals surface area contributed by atoms with Crippen LogP contribution in [0.25, 0.3) is 0 Å². The van der Waals surface area contributed by atoms with Crippen LogP contribution in [0.2, 0.25) is 0 Å². The van der Waals surface area contributed by atoms with Crippen LogP contribution in [-0.2, 0) is 11.3 Å². The van der Waals surface area contributed by atoms with E-state index in [0.29, 0.717) is 6.54 Å². The Morgan fingerprint density at radius 2 is 1.91 bits per heavy atom. The van der Waals surface area contributed by atoms with Crippen molar-refractivity contribution < 1.29 is 9.47 Å². The Morgan fingerprint density at radius 3 is 2.58 bits per heavy atom. The number of rotatable bonds is 5. The highest BCUT2D eigenvalue weighted by molar-refractivity contribution is 14.0. The molecule has 4 rings (SSSR count). The maximum atomic E-state index is 5.62. The average molecular weight is 566 g/mol. The molecule has 1 aromatic heterocycles. The van der Waals surface area contributed by atoms with Crippen molar-refractivity contribution in [2.45, 2.75) is 19.6 Å². The molecule has 3 heterocycles. The van der Waals surface area contributed by atoms with Crippen LogP contribution < -0.4 is 19.9 Å². The van der Waals surface area contributed by atoms with Crippen molar-refractivity contribution >= 4 is 41.4 Å². The lowest BCUT2D eigenvalue weighted by atomic mass is 10.2. The van der Waals surface area contributed by atoms with Crippen molar-refractivity contribution in [3.05, 3.63) is 48.2 Å². The molecule has 2 aromatic rings. The SMILES string of the molecule is CN=C(NCc1ccc(N2CCOC(C)C2)nc1)N1CCN(c2ccccc2OC)CC1.I. The smallest absolute Gasteiger partial charge is 0.194 e. The number of piperazine rings is 1. The summed E-state index contributed by atoms with van der Waals surface area (Å²) in [5.74, 6) is 2.86. The summed E-state index contributed by atoms with van der Waals surface area (Å²) in [6.45, 7) is 9.00. The number of aromatic nitrogens is 1. The molecule has 1 atom stereocenters. The van der Waals surface area contributed by atoms with Gasteiger partial charge in [-0.3, -0.25) is 4.99 Å². The molecule has 0 saturated carbocycles. The van der Waals surface area contributed by atoms with Crippen LogP contribution in [0.1, 0.15) is 12.5 Å². The Kier molecular flexibility index (Phi) is 9.42. The fraction of sp³-hybridized carbons (Fsp3) is 0.500. The number of ether oxygens (including phenoxy) is 2. The minimum atomic E-state index is 0. The third-order valence-electron chi connectivity index (χ3n) is 6.04. The summed E-state index contributed by atoms with van der Waals surface area (Å²) in [6, 6.07) is 12.4. The Morgan fingerprint density at radius 1 is 1.12 bits per heavy atom. The molecule has 0 aliphatic carbocycles. The minimum absolute atomic E-state index is 0. The summed E-state index contributed by atoms with van der Waals surface area (Å²) in [6.07, 6.45) is 2.20. The molecule has 1 aromatic carbocycles. The number of para-hydroxylation sites is 2. The fourth-order valence-electron chi connectivity index (χ4n) is 4.30. The second-order valence-corrected chi connectivity index (χ2v) is 8.20. The first-order chi connectivity index (χ1) is 15.7. The Bertz CT molecular complexity index is 902. The summed E-state index contributed by atoms with van der Waals surface area (Å²) in [5, 5.41) is 3.50. The highest BCUT2D eigenvalue weighted by Crippen LogP contribution is 2.28. The molecule has 1 unspecified atom stereocenters. The Labute approximate surface area is 214 Å². The van der Waals surface area contributed by atoms with Crippen LogP contribution in [0.15, 0.2) is 47.6 Å². The highest BCUT2D eigenvalue weighted by Gasteiger charge is 2.22. The summed E-state index contributed by atoms with van der Waals surface area (Å²) >= 11 is 0.